The smallest absolute Gasteiger partial charge is 0.245 e. The molecule has 1 fully saturated rings. The Bertz CT molecular complexity index is 446. The van der Waals surface area contributed by atoms with Gasteiger partial charge in [-0.2, -0.15) is 0 Å². The first-order valence-electron chi connectivity index (χ1n) is 6.88. The van der Waals surface area contributed by atoms with E-state index >= 15 is 0 Å². The van der Waals surface area contributed by atoms with Crippen molar-refractivity contribution in [3.05, 3.63) is 29.8 Å². The molecule has 1 atom stereocenters. The number of nitrogens with one attached hydrogen (secondary N) is 1. The Morgan fingerprint density at radius 1 is 1.47 bits per heavy atom. The maximum atomic E-state index is 12.3. The number of rotatable bonds is 4. The number of likely N-dealkylation sites (tertiary alicyclic amines) is 1. The molecule has 104 valence electrons. The summed E-state index contributed by atoms with van der Waals surface area (Å²) in [6.07, 6.45) is 1.90. The van der Waals surface area contributed by atoms with Gasteiger partial charge in [-0.3, -0.25) is 4.79 Å². The lowest BCUT2D eigenvalue weighted by atomic mass is 10.0. The molecule has 2 rings (SSSR count). The van der Waals surface area contributed by atoms with Crippen LogP contribution in [0.3, 0.4) is 0 Å². The monoisotopic (exact) mass is 262 g/mol. The van der Waals surface area contributed by atoms with E-state index in [1.54, 1.807) is 0 Å². The van der Waals surface area contributed by atoms with Crippen LogP contribution in [-0.2, 0) is 11.4 Å². The number of aliphatic hydroxyl groups excluding tert-OH is 1. The van der Waals surface area contributed by atoms with Gasteiger partial charge in [-0.15, -0.1) is 0 Å². The molecule has 1 aromatic rings. The largest absolute Gasteiger partial charge is 0.392 e. The molecule has 0 aromatic heterocycles. The molecule has 2 N–H and O–H groups in total. The van der Waals surface area contributed by atoms with Crippen LogP contribution in [0.4, 0.5) is 5.69 Å². The number of hydrogen-bond donors (Lipinski definition) is 2. The van der Waals surface area contributed by atoms with Crippen molar-refractivity contribution in [1.82, 2.24) is 4.90 Å². The van der Waals surface area contributed by atoms with Gasteiger partial charge in [0, 0.05) is 18.3 Å². The van der Waals surface area contributed by atoms with Crippen LogP contribution in [0, 0.1) is 0 Å². The van der Waals surface area contributed by atoms with Gasteiger partial charge in [0.05, 0.1) is 6.61 Å². The third-order valence-electron chi connectivity index (χ3n) is 3.55. The number of hydrogen-bond acceptors (Lipinski definition) is 3. The van der Waals surface area contributed by atoms with E-state index in [1.807, 2.05) is 43.0 Å². The number of anilines is 1. The maximum Gasteiger partial charge on any atom is 0.245 e. The average Bonchev–Trinajstić information content (AvgIpc) is 2.41. The van der Waals surface area contributed by atoms with Gasteiger partial charge in [0.25, 0.3) is 0 Å². The number of amides is 1. The van der Waals surface area contributed by atoms with Crippen molar-refractivity contribution in [2.75, 3.05) is 11.9 Å². The van der Waals surface area contributed by atoms with E-state index in [-0.39, 0.29) is 24.6 Å². The first-order chi connectivity index (χ1) is 9.11. The van der Waals surface area contributed by atoms with E-state index in [9.17, 15) is 4.79 Å². The van der Waals surface area contributed by atoms with E-state index in [0.29, 0.717) is 0 Å². The van der Waals surface area contributed by atoms with Gasteiger partial charge in [0.2, 0.25) is 5.91 Å². The molecule has 1 amide bonds. The maximum absolute atomic E-state index is 12.3. The highest BCUT2D eigenvalue weighted by molar-refractivity contribution is 5.85. The second-order valence-corrected chi connectivity index (χ2v) is 5.32. The van der Waals surface area contributed by atoms with Gasteiger partial charge >= 0.3 is 0 Å². The Hall–Kier alpha value is -1.55. The Balaban J connectivity index is 2.07. The average molecular weight is 262 g/mol. The van der Waals surface area contributed by atoms with Gasteiger partial charge in [-0.1, -0.05) is 12.1 Å². The third-order valence-corrected chi connectivity index (χ3v) is 3.55. The minimum atomic E-state index is -0.148. The van der Waals surface area contributed by atoms with Gasteiger partial charge in [0.15, 0.2) is 0 Å². The minimum Gasteiger partial charge on any atom is -0.392 e. The first kappa shape index (κ1) is 13.9. The lowest BCUT2D eigenvalue weighted by Gasteiger charge is -2.35. The van der Waals surface area contributed by atoms with Gasteiger partial charge < -0.3 is 15.3 Å². The molecule has 19 heavy (non-hydrogen) atoms. The number of nitrogens with zero attached hydrogens (tertiary/aromatic N) is 1. The van der Waals surface area contributed by atoms with Crippen LogP contribution in [0.15, 0.2) is 24.3 Å². The summed E-state index contributed by atoms with van der Waals surface area (Å²) < 4.78 is 0. The quantitative estimate of drug-likeness (QED) is 0.872. The van der Waals surface area contributed by atoms with Gasteiger partial charge in [-0.25, -0.2) is 0 Å². The number of aliphatic hydroxyl groups is 1. The van der Waals surface area contributed by atoms with E-state index in [1.165, 1.54) is 0 Å². The summed E-state index contributed by atoms with van der Waals surface area (Å²) in [6.45, 7) is 4.97. The lowest BCUT2D eigenvalue weighted by molar-refractivity contribution is -0.136. The van der Waals surface area contributed by atoms with E-state index in [2.05, 4.69) is 5.32 Å². The topological polar surface area (TPSA) is 52.6 Å². The molecule has 1 heterocycles. The molecule has 0 aliphatic carbocycles. The highest BCUT2D eigenvalue weighted by Crippen LogP contribution is 2.19. The summed E-state index contributed by atoms with van der Waals surface area (Å²) in [5.74, 6) is 0.177. The van der Waals surface area contributed by atoms with Crippen LogP contribution in [-0.4, -0.2) is 34.5 Å². The second-order valence-electron chi connectivity index (χ2n) is 5.32. The van der Waals surface area contributed by atoms with Crippen molar-refractivity contribution in [1.29, 1.82) is 0 Å². The summed E-state index contributed by atoms with van der Waals surface area (Å²) in [5.41, 5.74) is 1.75. The molecule has 0 saturated carbocycles. The van der Waals surface area contributed by atoms with Crippen molar-refractivity contribution >= 4 is 11.6 Å². The third kappa shape index (κ3) is 3.26. The zero-order valence-electron chi connectivity index (χ0n) is 11.6. The van der Waals surface area contributed by atoms with Crippen molar-refractivity contribution in [2.24, 2.45) is 0 Å². The number of piperidine rings is 1. The molecule has 1 unspecified atom stereocenters. The summed E-state index contributed by atoms with van der Waals surface area (Å²) in [4.78, 5) is 14.3. The predicted molar refractivity (Wildman–Crippen MR) is 75.9 cm³/mol. The molecule has 1 saturated heterocycles. The Morgan fingerprint density at radius 2 is 2.26 bits per heavy atom. The highest BCUT2D eigenvalue weighted by atomic mass is 16.3. The fraction of sp³-hybridized carbons (Fsp3) is 0.533. The number of carbonyl (C=O) groups is 1. The van der Waals surface area contributed by atoms with Gasteiger partial charge in [0.1, 0.15) is 6.04 Å². The second kappa shape index (κ2) is 6.06. The molecule has 4 heteroatoms. The fourth-order valence-electron chi connectivity index (χ4n) is 2.51. The van der Waals surface area contributed by atoms with E-state index in [0.717, 1.165) is 30.6 Å². The number of benzene rings is 1. The van der Waals surface area contributed by atoms with Crippen LogP contribution in [0.1, 0.15) is 32.3 Å². The molecule has 1 aromatic carbocycles. The van der Waals surface area contributed by atoms with Crippen molar-refractivity contribution < 1.29 is 9.90 Å². The van der Waals surface area contributed by atoms with Crippen LogP contribution < -0.4 is 5.32 Å². The van der Waals surface area contributed by atoms with Gasteiger partial charge in [-0.05, 0) is 44.4 Å². The minimum absolute atomic E-state index is 0.0201. The lowest BCUT2D eigenvalue weighted by Crippen LogP contribution is -2.50. The Labute approximate surface area is 114 Å². The first-order valence-corrected chi connectivity index (χ1v) is 6.88. The van der Waals surface area contributed by atoms with Crippen LogP contribution >= 0.6 is 0 Å². The summed E-state index contributed by atoms with van der Waals surface area (Å²) in [5, 5.41) is 12.4. The molecular weight excluding hydrogens is 240 g/mol. The van der Waals surface area contributed by atoms with E-state index in [4.69, 9.17) is 5.11 Å². The van der Waals surface area contributed by atoms with Crippen LogP contribution in [0.25, 0.3) is 0 Å². The zero-order chi connectivity index (χ0) is 13.8. The van der Waals surface area contributed by atoms with Crippen molar-refractivity contribution in [3.63, 3.8) is 0 Å². The van der Waals surface area contributed by atoms with Crippen molar-refractivity contribution in [3.8, 4) is 0 Å². The highest BCUT2D eigenvalue weighted by Gasteiger charge is 2.29. The Kier molecular flexibility index (Phi) is 4.43. The van der Waals surface area contributed by atoms with Crippen LogP contribution in [0.2, 0.25) is 0 Å². The standard InChI is InChI=1S/C15H22N2O2/c1-11(2)17-8-4-7-14(15(17)19)16-13-6-3-5-12(9-13)10-18/h3,5-6,9,11,14,16,18H,4,7-8,10H2,1-2H3. The summed E-state index contributed by atoms with van der Waals surface area (Å²) in [7, 11) is 0. The summed E-state index contributed by atoms with van der Waals surface area (Å²) in [6, 6.07) is 7.68. The van der Waals surface area contributed by atoms with Crippen molar-refractivity contribution in [2.45, 2.75) is 45.4 Å². The molecule has 0 bridgehead atoms. The molecule has 1 aliphatic rings. The molecule has 1 aliphatic heterocycles. The molecule has 0 radical (unpaired) electrons. The predicted octanol–water partition coefficient (Wildman–Crippen LogP) is 1.99. The van der Waals surface area contributed by atoms with E-state index < -0.39 is 0 Å². The fourth-order valence-corrected chi connectivity index (χ4v) is 2.51. The Morgan fingerprint density at radius 3 is 2.95 bits per heavy atom. The number of carbonyl (C=O) groups excluding carboxylic acids is 1. The van der Waals surface area contributed by atoms with Crippen LogP contribution in [0.5, 0.6) is 0 Å². The molecule has 4 nitrogen and oxygen atoms in total. The normalized spacial score (nSPS) is 19.9. The molecular formula is C15H22N2O2. The SMILES string of the molecule is CC(C)N1CCCC(Nc2cccc(CO)c2)C1=O. The zero-order valence-corrected chi connectivity index (χ0v) is 11.6. The molecule has 0 spiro atoms. The summed E-state index contributed by atoms with van der Waals surface area (Å²) >= 11 is 0.